The molecule has 152 valence electrons. The standard InChI is InChI=1S/C20H16N4O6/c1-6-13-9(19(29)15-11(25)3-2-10(14(6)15)23-24-22)4-7-8(17(13)27)5-12(26)16(18(7)28)20(21)30/h2-3,5-6,9,25-28H,4H2,1H3,(H2,21,30). The lowest BCUT2D eigenvalue weighted by Crippen LogP contribution is -2.33. The zero-order valence-electron chi connectivity index (χ0n) is 15.6. The smallest absolute Gasteiger partial charge is 0.256 e. The van der Waals surface area contributed by atoms with E-state index in [1.165, 1.54) is 12.1 Å². The highest BCUT2D eigenvalue weighted by molar-refractivity contribution is 6.08. The third-order valence-electron chi connectivity index (χ3n) is 5.76. The van der Waals surface area contributed by atoms with Gasteiger partial charge in [-0.15, -0.1) is 0 Å². The SMILES string of the molecule is CC1C2=C(O)c3cc(O)c(C(N)=O)c(O)c3CC2C(=O)c2c(O)ccc(N=[N+]=[N-])c21. The van der Waals surface area contributed by atoms with Gasteiger partial charge in [0.05, 0.1) is 11.5 Å². The lowest BCUT2D eigenvalue weighted by Gasteiger charge is -2.37. The number of aliphatic hydroxyl groups is 1. The summed E-state index contributed by atoms with van der Waals surface area (Å²) in [5.41, 5.74) is 14.4. The van der Waals surface area contributed by atoms with Crippen LogP contribution in [0.3, 0.4) is 0 Å². The Morgan fingerprint density at radius 1 is 1.23 bits per heavy atom. The number of aliphatic hydroxyl groups excluding tert-OH is 1. The van der Waals surface area contributed by atoms with Crippen molar-refractivity contribution in [2.75, 3.05) is 0 Å². The number of fused-ring (bicyclic) bond motifs is 3. The van der Waals surface area contributed by atoms with E-state index in [-0.39, 0.29) is 45.9 Å². The molecule has 30 heavy (non-hydrogen) atoms. The van der Waals surface area contributed by atoms with E-state index >= 15 is 0 Å². The first-order chi connectivity index (χ1) is 14.2. The number of amides is 1. The minimum absolute atomic E-state index is 0.0224. The van der Waals surface area contributed by atoms with Crippen molar-refractivity contribution in [1.82, 2.24) is 0 Å². The molecule has 4 rings (SSSR count). The molecule has 0 radical (unpaired) electrons. The molecular formula is C20H16N4O6. The number of benzene rings is 2. The van der Waals surface area contributed by atoms with Crippen LogP contribution in [0.4, 0.5) is 5.69 Å². The highest BCUT2D eigenvalue weighted by atomic mass is 16.3. The summed E-state index contributed by atoms with van der Waals surface area (Å²) in [4.78, 5) is 27.6. The van der Waals surface area contributed by atoms with Crippen molar-refractivity contribution < 1.29 is 30.0 Å². The van der Waals surface area contributed by atoms with Gasteiger partial charge in [-0.1, -0.05) is 12.0 Å². The second-order valence-electron chi connectivity index (χ2n) is 7.24. The molecule has 2 unspecified atom stereocenters. The number of phenolic OH excluding ortho intramolecular Hbond substituents is 1. The number of hydrogen-bond donors (Lipinski definition) is 5. The minimum atomic E-state index is -1.06. The maximum atomic E-state index is 13.3. The molecule has 2 aliphatic carbocycles. The maximum Gasteiger partial charge on any atom is 0.256 e. The second kappa shape index (κ2) is 6.43. The predicted octanol–water partition coefficient (Wildman–Crippen LogP) is 3.29. The molecule has 2 atom stereocenters. The van der Waals surface area contributed by atoms with Crippen LogP contribution in [0.25, 0.3) is 16.2 Å². The Hall–Kier alpha value is -4.17. The lowest BCUT2D eigenvalue weighted by atomic mass is 9.66. The van der Waals surface area contributed by atoms with Crippen molar-refractivity contribution in [3.8, 4) is 17.2 Å². The van der Waals surface area contributed by atoms with E-state index in [1.807, 2.05) is 0 Å². The fourth-order valence-electron chi connectivity index (χ4n) is 4.49. The number of rotatable bonds is 2. The Kier molecular flexibility index (Phi) is 4.11. The molecule has 0 spiro atoms. The number of ketones is 1. The average Bonchev–Trinajstić information content (AvgIpc) is 2.68. The van der Waals surface area contributed by atoms with E-state index in [1.54, 1.807) is 6.92 Å². The summed E-state index contributed by atoms with van der Waals surface area (Å²) >= 11 is 0. The summed E-state index contributed by atoms with van der Waals surface area (Å²) in [5, 5.41) is 45.5. The molecule has 0 aliphatic heterocycles. The largest absolute Gasteiger partial charge is 0.507 e. The van der Waals surface area contributed by atoms with E-state index in [2.05, 4.69) is 10.0 Å². The number of allylic oxidation sites excluding steroid dienone is 1. The van der Waals surface area contributed by atoms with Crippen molar-refractivity contribution in [2.45, 2.75) is 19.3 Å². The Labute approximate surface area is 169 Å². The third kappa shape index (κ3) is 2.41. The van der Waals surface area contributed by atoms with Gasteiger partial charge in [-0.3, -0.25) is 9.59 Å². The molecule has 0 aromatic heterocycles. The number of primary amides is 1. The van der Waals surface area contributed by atoms with Crippen LogP contribution in [-0.2, 0) is 6.42 Å². The molecular weight excluding hydrogens is 392 g/mol. The van der Waals surface area contributed by atoms with E-state index in [9.17, 15) is 30.0 Å². The summed E-state index contributed by atoms with van der Waals surface area (Å²) in [6.45, 7) is 1.68. The Balaban J connectivity index is 2.03. The van der Waals surface area contributed by atoms with Crippen LogP contribution >= 0.6 is 0 Å². The molecule has 0 heterocycles. The van der Waals surface area contributed by atoms with Gasteiger partial charge in [0.2, 0.25) is 0 Å². The fraction of sp³-hybridized carbons (Fsp3) is 0.200. The van der Waals surface area contributed by atoms with Crippen molar-refractivity contribution >= 4 is 23.1 Å². The summed E-state index contributed by atoms with van der Waals surface area (Å²) in [5.74, 6) is -5.01. The number of aromatic hydroxyl groups is 3. The minimum Gasteiger partial charge on any atom is -0.507 e. The van der Waals surface area contributed by atoms with E-state index in [0.717, 1.165) is 6.07 Å². The highest BCUT2D eigenvalue weighted by Gasteiger charge is 2.44. The number of carbonyl (C=O) groups excluding carboxylic acids is 2. The summed E-state index contributed by atoms with van der Waals surface area (Å²) < 4.78 is 0. The van der Waals surface area contributed by atoms with Gasteiger partial charge in [0.1, 0.15) is 28.6 Å². The van der Waals surface area contributed by atoms with Crippen LogP contribution in [0.1, 0.15) is 50.2 Å². The molecule has 6 N–H and O–H groups in total. The third-order valence-corrected chi connectivity index (χ3v) is 5.76. The van der Waals surface area contributed by atoms with Crippen LogP contribution in [0.2, 0.25) is 0 Å². The summed E-state index contributed by atoms with van der Waals surface area (Å²) in [6.07, 6.45) is -0.0884. The fourth-order valence-corrected chi connectivity index (χ4v) is 4.49. The first-order valence-corrected chi connectivity index (χ1v) is 8.95. The van der Waals surface area contributed by atoms with Crippen molar-refractivity contribution in [2.24, 2.45) is 16.8 Å². The molecule has 2 aromatic carbocycles. The van der Waals surface area contributed by atoms with Gasteiger partial charge < -0.3 is 26.2 Å². The number of azide groups is 1. The highest BCUT2D eigenvalue weighted by Crippen LogP contribution is 2.53. The van der Waals surface area contributed by atoms with Crippen LogP contribution in [0.15, 0.2) is 28.9 Å². The number of carbonyl (C=O) groups is 2. The molecule has 0 saturated carbocycles. The van der Waals surface area contributed by atoms with Gasteiger partial charge >= 0.3 is 0 Å². The quantitative estimate of drug-likeness (QED) is 0.288. The number of Topliss-reactive ketones (excluding diaryl/α,β-unsaturated/α-hetero) is 1. The molecule has 0 bridgehead atoms. The molecule has 0 saturated heterocycles. The topological polar surface area (TPSA) is 190 Å². The van der Waals surface area contributed by atoms with Crippen molar-refractivity contribution in [1.29, 1.82) is 0 Å². The van der Waals surface area contributed by atoms with Gasteiger partial charge in [0, 0.05) is 27.6 Å². The monoisotopic (exact) mass is 408 g/mol. The Bertz CT molecular complexity index is 1240. The first-order valence-electron chi connectivity index (χ1n) is 8.95. The maximum absolute atomic E-state index is 13.3. The Morgan fingerprint density at radius 3 is 2.57 bits per heavy atom. The van der Waals surface area contributed by atoms with E-state index in [4.69, 9.17) is 11.3 Å². The lowest BCUT2D eigenvalue weighted by molar-refractivity contribution is 0.0921. The van der Waals surface area contributed by atoms with Crippen LogP contribution in [0.5, 0.6) is 17.2 Å². The van der Waals surface area contributed by atoms with Gasteiger partial charge in [-0.2, -0.15) is 0 Å². The van der Waals surface area contributed by atoms with Gasteiger partial charge in [-0.25, -0.2) is 0 Å². The normalized spacial score (nSPS) is 19.4. The van der Waals surface area contributed by atoms with Crippen LogP contribution in [0, 0.1) is 5.92 Å². The molecule has 10 heteroatoms. The second-order valence-corrected chi connectivity index (χ2v) is 7.24. The molecule has 10 nitrogen and oxygen atoms in total. The molecule has 2 aliphatic rings. The number of hydrogen-bond acceptors (Lipinski definition) is 7. The van der Waals surface area contributed by atoms with Gasteiger partial charge in [0.15, 0.2) is 5.78 Å². The van der Waals surface area contributed by atoms with E-state index < -0.39 is 40.6 Å². The van der Waals surface area contributed by atoms with Gasteiger partial charge in [0.25, 0.3) is 5.91 Å². The van der Waals surface area contributed by atoms with Crippen LogP contribution in [-0.4, -0.2) is 32.1 Å². The predicted molar refractivity (Wildman–Crippen MR) is 105 cm³/mol. The zero-order valence-corrected chi connectivity index (χ0v) is 15.6. The summed E-state index contributed by atoms with van der Waals surface area (Å²) in [6, 6.07) is 3.74. The van der Waals surface area contributed by atoms with Crippen molar-refractivity contribution in [3.63, 3.8) is 0 Å². The molecule has 0 fully saturated rings. The average molecular weight is 408 g/mol. The van der Waals surface area contributed by atoms with Crippen LogP contribution < -0.4 is 5.73 Å². The van der Waals surface area contributed by atoms with Crippen molar-refractivity contribution in [3.05, 3.63) is 62.0 Å². The Morgan fingerprint density at radius 2 is 1.93 bits per heavy atom. The van der Waals surface area contributed by atoms with E-state index in [0.29, 0.717) is 5.57 Å². The van der Waals surface area contributed by atoms with Gasteiger partial charge in [-0.05, 0) is 41.3 Å². The number of phenols is 3. The first kappa shape index (κ1) is 19.2. The molecule has 1 amide bonds. The molecule has 2 aromatic rings. The summed E-state index contributed by atoms with van der Waals surface area (Å²) in [7, 11) is 0. The number of nitrogens with zero attached hydrogens (tertiary/aromatic N) is 3. The number of nitrogens with two attached hydrogens (primary N) is 1. The zero-order chi connectivity index (χ0) is 21.9.